The third-order valence-corrected chi connectivity index (χ3v) is 10.1. The highest BCUT2D eigenvalue weighted by atomic mass is 15.1. The smallest absolute Gasteiger partial charge is 0.210 e. The zero-order valence-electron chi connectivity index (χ0n) is 26.1. The lowest BCUT2D eigenvalue weighted by Gasteiger charge is -2.25. The summed E-state index contributed by atoms with van der Waals surface area (Å²) in [5.41, 5.74) is 9.55. The van der Waals surface area contributed by atoms with Gasteiger partial charge in [-0.25, -0.2) is 0 Å². The summed E-state index contributed by atoms with van der Waals surface area (Å²) in [5, 5.41) is 2.73. The predicted octanol–water partition coefficient (Wildman–Crippen LogP) is 9.89. The molecule has 0 radical (unpaired) electrons. The summed E-state index contributed by atoms with van der Waals surface area (Å²) in [7, 11) is 0. The van der Waals surface area contributed by atoms with E-state index in [1.165, 1.54) is 82.2 Å². The molecule has 2 heteroatoms. The van der Waals surface area contributed by atoms with Gasteiger partial charge in [0.25, 0.3) is 0 Å². The molecule has 0 saturated heterocycles. The Labute approximate surface area is 253 Å². The molecule has 1 atom stereocenters. The van der Waals surface area contributed by atoms with Crippen LogP contribution in [0.15, 0.2) is 91.0 Å². The van der Waals surface area contributed by atoms with Gasteiger partial charge in [-0.1, -0.05) is 86.3 Å². The number of nitrogens with zero attached hydrogens (tertiary/aromatic N) is 2. The topological polar surface area (TPSA) is 6.25 Å². The van der Waals surface area contributed by atoms with E-state index in [9.17, 15) is 0 Å². The van der Waals surface area contributed by atoms with Crippen molar-refractivity contribution in [2.75, 3.05) is 24.5 Å². The van der Waals surface area contributed by atoms with Crippen molar-refractivity contribution in [1.29, 1.82) is 0 Å². The van der Waals surface area contributed by atoms with Crippen LogP contribution < -0.4 is 4.90 Å². The van der Waals surface area contributed by atoms with Crippen LogP contribution in [-0.2, 0) is 11.8 Å². The van der Waals surface area contributed by atoms with Gasteiger partial charge in [-0.05, 0) is 91.8 Å². The van der Waals surface area contributed by atoms with E-state index in [4.69, 9.17) is 0 Å². The Morgan fingerprint density at radius 3 is 2.29 bits per heavy atom. The van der Waals surface area contributed by atoms with Crippen LogP contribution in [0.3, 0.4) is 0 Å². The maximum atomic E-state index is 2.69. The van der Waals surface area contributed by atoms with Crippen molar-refractivity contribution in [3.8, 4) is 0 Å². The van der Waals surface area contributed by atoms with Crippen LogP contribution in [0.1, 0.15) is 75.1 Å². The van der Waals surface area contributed by atoms with Crippen LogP contribution in [0.25, 0.3) is 16.8 Å². The molecule has 4 aromatic carbocycles. The summed E-state index contributed by atoms with van der Waals surface area (Å²) in [5.74, 6) is 0.856. The number of allylic oxidation sites excluding steroid dienone is 1. The minimum Gasteiger partial charge on any atom is -0.372 e. The van der Waals surface area contributed by atoms with Crippen LogP contribution in [0.4, 0.5) is 11.4 Å². The highest BCUT2D eigenvalue weighted by Crippen LogP contribution is 2.47. The second kappa shape index (κ2) is 12.3. The fourth-order valence-corrected chi connectivity index (χ4v) is 7.67. The third kappa shape index (κ3) is 5.44. The molecule has 42 heavy (non-hydrogen) atoms. The maximum Gasteiger partial charge on any atom is 0.210 e. The number of rotatable bonds is 10. The first kappa shape index (κ1) is 28.5. The number of fused-ring (bicyclic) bond motifs is 3. The first-order chi connectivity index (χ1) is 20.5. The largest absolute Gasteiger partial charge is 0.372 e. The summed E-state index contributed by atoms with van der Waals surface area (Å²) >= 11 is 0. The SMILES string of the molecule is CCN(CC)c1ccc(C=CC2=[N+](CCC3CCCC3)c3ccc4ccccc4c3C2(C)Cc2ccccc2C)cc1. The highest BCUT2D eigenvalue weighted by molar-refractivity contribution is 6.09. The van der Waals surface area contributed by atoms with E-state index in [0.717, 1.165) is 32.0 Å². The van der Waals surface area contributed by atoms with Gasteiger partial charge >= 0.3 is 0 Å². The van der Waals surface area contributed by atoms with E-state index < -0.39 is 0 Å². The molecule has 2 nitrogen and oxygen atoms in total. The Bertz CT molecular complexity index is 1600. The van der Waals surface area contributed by atoms with Gasteiger partial charge in [0.15, 0.2) is 5.71 Å². The fourth-order valence-electron chi connectivity index (χ4n) is 7.67. The Balaban J connectivity index is 1.48. The maximum absolute atomic E-state index is 2.69. The quantitative estimate of drug-likeness (QED) is 0.177. The Hall–Kier alpha value is -3.65. The molecule has 0 N–H and O–H groups in total. The molecule has 0 bridgehead atoms. The molecule has 216 valence electrons. The van der Waals surface area contributed by atoms with Crippen LogP contribution in [0.5, 0.6) is 0 Å². The van der Waals surface area contributed by atoms with E-state index in [-0.39, 0.29) is 5.41 Å². The zero-order chi connectivity index (χ0) is 29.1. The first-order valence-corrected chi connectivity index (χ1v) is 16.3. The van der Waals surface area contributed by atoms with Gasteiger partial charge in [0.1, 0.15) is 6.54 Å². The average molecular weight is 556 g/mol. The second-order valence-corrected chi connectivity index (χ2v) is 12.7. The summed E-state index contributed by atoms with van der Waals surface area (Å²) in [6.07, 6.45) is 12.6. The number of anilines is 1. The third-order valence-electron chi connectivity index (χ3n) is 10.1. The van der Waals surface area contributed by atoms with Crippen molar-refractivity contribution >= 4 is 33.9 Å². The van der Waals surface area contributed by atoms with Crippen LogP contribution in [0, 0.1) is 12.8 Å². The monoisotopic (exact) mass is 555 g/mol. The number of hydrogen-bond acceptors (Lipinski definition) is 1. The van der Waals surface area contributed by atoms with E-state index in [1.54, 1.807) is 0 Å². The normalized spacial score (nSPS) is 18.9. The molecule has 0 spiro atoms. The van der Waals surface area contributed by atoms with E-state index >= 15 is 0 Å². The lowest BCUT2D eigenvalue weighted by molar-refractivity contribution is -0.439. The molecule has 0 amide bonds. The molecule has 1 saturated carbocycles. The van der Waals surface area contributed by atoms with Crippen LogP contribution in [-0.4, -0.2) is 29.9 Å². The van der Waals surface area contributed by atoms with E-state index in [0.29, 0.717) is 0 Å². The molecule has 1 aliphatic heterocycles. The van der Waals surface area contributed by atoms with Gasteiger partial charge in [0, 0.05) is 42.9 Å². The Morgan fingerprint density at radius 1 is 0.833 bits per heavy atom. The van der Waals surface area contributed by atoms with E-state index in [2.05, 4.69) is 134 Å². The molecule has 0 aromatic heterocycles. The lowest BCUT2D eigenvalue weighted by Crippen LogP contribution is -2.34. The number of hydrogen-bond donors (Lipinski definition) is 0. The minimum atomic E-state index is -0.143. The summed E-state index contributed by atoms with van der Waals surface area (Å²) < 4.78 is 2.69. The summed E-state index contributed by atoms with van der Waals surface area (Å²) in [6.45, 7) is 12.4. The van der Waals surface area contributed by atoms with Crippen LogP contribution in [0.2, 0.25) is 0 Å². The van der Waals surface area contributed by atoms with E-state index in [1.807, 2.05) is 0 Å². The minimum absolute atomic E-state index is 0.143. The Morgan fingerprint density at radius 2 is 1.55 bits per heavy atom. The molecule has 2 aliphatic rings. The number of benzene rings is 4. The van der Waals surface area contributed by atoms with Gasteiger partial charge in [-0.3, -0.25) is 0 Å². The van der Waals surface area contributed by atoms with Crippen LogP contribution >= 0.6 is 0 Å². The van der Waals surface area contributed by atoms with Gasteiger partial charge in [-0.2, -0.15) is 4.58 Å². The van der Waals surface area contributed by atoms with Gasteiger partial charge in [0.05, 0.1) is 5.41 Å². The molecule has 1 fully saturated rings. The van der Waals surface area contributed by atoms with Crippen molar-refractivity contribution in [2.45, 2.75) is 71.6 Å². The van der Waals surface area contributed by atoms with Gasteiger partial charge in [0.2, 0.25) is 5.69 Å². The van der Waals surface area contributed by atoms with Crippen molar-refractivity contribution < 1.29 is 4.58 Å². The first-order valence-electron chi connectivity index (χ1n) is 16.3. The van der Waals surface area contributed by atoms with Crippen molar-refractivity contribution in [2.24, 2.45) is 5.92 Å². The zero-order valence-corrected chi connectivity index (χ0v) is 26.1. The molecule has 6 rings (SSSR count). The Kier molecular flexibility index (Phi) is 8.34. The summed E-state index contributed by atoms with van der Waals surface area (Å²) in [6, 6.07) is 31.8. The molecular formula is C40H47N2+. The number of aryl methyl sites for hydroxylation is 1. The van der Waals surface area contributed by atoms with Crippen molar-refractivity contribution in [3.05, 3.63) is 113 Å². The molecule has 1 unspecified atom stereocenters. The molecule has 1 aliphatic carbocycles. The predicted molar refractivity (Wildman–Crippen MR) is 182 cm³/mol. The second-order valence-electron chi connectivity index (χ2n) is 12.7. The standard InChI is InChI=1S/C40H47N2/c1-5-41(6-2)35-23-19-32(20-24-35)21-26-38-40(4,29-34-17-10-7-13-30(34)3)39-36-18-12-11-16-33(36)22-25-37(39)42(38)28-27-31-14-8-9-15-31/h7,10-13,16-26,31H,5-6,8-9,14-15,27-29H2,1-4H3/q+1. The molecule has 4 aromatic rings. The molecular weight excluding hydrogens is 508 g/mol. The highest BCUT2D eigenvalue weighted by Gasteiger charge is 2.49. The molecule has 1 heterocycles. The van der Waals surface area contributed by atoms with Gasteiger partial charge < -0.3 is 4.90 Å². The van der Waals surface area contributed by atoms with Crippen molar-refractivity contribution in [3.63, 3.8) is 0 Å². The average Bonchev–Trinajstić information content (AvgIpc) is 3.62. The lowest BCUT2D eigenvalue weighted by atomic mass is 9.72. The fraction of sp³-hybridized carbons (Fsp3) is 0.375. The summed E-state index contributed by atoms with van der Waals surface area (Å²) in [4.78, 5) is 2.41. The van der Waals surface area contributed by atoms with Crippen molar-refractivity contribution in [1.82, 2.24) is 0 Å². The van der Waals surface area contributed by atoms with Gasteiger partial charge in [-0.15, -0.1) is 0 Å².